The van der Waals surface area contributed by atoms with Gasteiger partial charge >= 0.3 is 0 Å². The number of halogens is 1. The van der Waals surface area contributed by atoms with Crippen molar-refractivity contribution in [3.63, 3.8) is 0 Å². The lowest BCUT2D eigenvalue weighted by molar-refractivity contribution is 0.0950. The number of benzene rings is 3. The first-order valence-electron chi connectivity index (χ1n) is 10.5. The smallest absolute Gasteiger partial charge is 0.270 e. The zero-order valence-corrected chi connectivity index (χ0v) is 18.9. The Kier molecular flexibility index (Phi) is 7.32. The van der Waals surface area contributed by atoms with Crippen LogP contribution >= 0.6 is 11.3 Å². The van der Waals surface area contributed by atoms with E-state index in [1.54, 1.807) is 30.7 Å². The number of ether oxygens (including phenoxy) is 2. The van der Waals surface area contributed by atoms with E-state index in [-0.39, 0.29) is 18.3 Å². The molecule has 1 amide bonds. The number of thiazole rings is 1. The fourth-order valence-corrected chi connectivity index (χ4v) is 4.10. The first kappa shape index (κ1) is 22.5. The number of amides is 1. The topological polar surface area (TPSA) is 60.5 Å². The Labute approximate surface area is 195 Å². The Balaban J connectivity index is 1.32. The molecule has 0 aliphatic rings. The van der Waals surface area contributed by atoms with Gasteiger partial charge in [-0.3, -0.25) is 4.79 Å². The van der Waals surface area contributed by atoms with Gasteiger partial charge < -0.3 is 14.8 Å². The Morgan fingerprint density at radius 1 is 1.00 bits per heavy atom. The van der Waals surface area contributed by atoms with Crippen molar-refractivity contribution in [2.24, 2.45) is 0 Å². The highest BCUT2D eigenvalue weighted by Gasteiger charge is 2.12. The molecule has 4 rings (SSSR count). The highest BCUT2D eigenvalue weighted by atomic mass is 32.1. The van der Waals surface area contributed by atoms with Crippen molar-refractivity contribution in [2.45, 2.75) is 13.0 Å². The number of carbonyl (C=O) groups excluding carboxylic acids is 1. The highest BCUT2D eigenvalue weighted by Crippen LogP contribution is 2.26. The number of nitrogens with one attached hydrogen (secondary N) is 1. The van der Waals surface area contributed by atoms with Crippen LogP contribution in [-0.2, 0) is 13.0 Å². The number of hydrogen-bond donors (Lipinski definition) is 1. The summed E-state index contributed by atoms with van der Waals surface area (Å²) in [6, 6.07) is 21.7. The van der Waals surface area contributed by atoms with E-state index < -0.39 is 0 Å². The Morgan fingerprint density at radius 3 is 2.48 bits per heavy atom. The highest BCUT2D eigenvalue weighted by molar-refractivity contribution is 7.13. The molecule has 168 valence electrons. The van der Waals surface area contributed by atoms with Crippen molar-refractivity contribution in [2.75, 3.05) is 13.7 Å². The minimum atomic E-state index is -0.286. The molecule has 4 aromatic rings. The standard InChI is InChI=1S/C26H23FN2O3S/c1-31-24-9-5-3-6-18(24)14-15-28-25(30)23-17-33-26(29-23)19-10-12-21(13-11-19)32-16-20-7-2-4-8-22(20)27/h2-13,17H,14-16H2,1H3,(H,28,30). The number of para-hydroxylation sites is 1. The SMILES string of the molecule is COc1ccccc1CCNC(=O)c1csc(-c2ccc(OCc3ccccc3F)cc2)n1. The summed E-state index contributed by atoms with van der Waals surface area (Å²) in [6.07, 6.45) is 0.668. The van der Waals surface area contributed by atoms with Gasteiger partial charge in [0, 0.05) is 23.1 Å². The fraction of sp³-hybridized carbons (Fsp3) is 0.154. The van der Waals surface area contributed by atoms with E-state index in [0.717, 1.165) is 21.9 Å². The monoisotopic (exact) mass is 462 g/mol. The predicted molar refractivity (Wildman–Crippen MR) is 127 cm³/mol. The summed E-state index contributed by atoms with van der Waals surface area (Å²) in [5, 5.41) is 5.40. The summed E-state index contributed by atoms with van der Waals surface area (Å²) < 4.78 is 24.7. The van der Waals surface area contributed by atoms with Crippen LogP contribution in [0, 0.1) is 5.82 Å². The fourth-order valence-electron chi connectivity index (χ4n) is 3.29. The van der Waals surface area contributed by atoms with Crippen LogP contribution in [0.1, 0.15) is 21.6 Å². The third-order valence-corrected chi connectivity index (χ3v) is 5.95. The molecule has 0 spiro atoms. The van der Waals surface area contributed by atoms with Gasteiger partial charge in [0.15, 0.2) is 0 Å². The Morgan fingerprint density at radius 2 is 1.73 bits per heavy atom. The van der Waals surface area contributed by atoms with E-state index in [1.165, 1.54) is 17.4 Å². The summed E-state index contributed by atoms with van der Waals surface area (Å²) in [4.78, 5) is 17.0. The largest absolute Gasteiger partial charge is 0.496 e. The second kappa shape index (κ2) is 10.7. The first-order chi connectivity index (χ1) is 16.1. The predicted octanol–water partition coefficient (Wildman–Crippen LogP) is 5.51. The lowest BCUT2D eigenvalue weighted by Crippen LogP contribution is -2.26. The summed E-state index contributed by atoms with van der Waals surface area (Å²) in [6.45, 7) is 0.641. The van der Waals surface area contributed by atoms with Crippen LogP contribution in [-0.4, -0.2) is 24.5 Å². The van der Waals surface area contributed by atoms with Crippen LogP contribution < -0.4 is 14.8 Å². The number of carbonyl (C=O) groups is 1. The van der Waals surface area contributed by atoms with Gasteiger partial charge in [-0.25, -0.2) is 9.37 Å². The second-order valence-electron chi connectivity index (χ2n) is 7.26. The van der Waals surface area contributed by atoms with Gasteiger partial charge in [-0.1, -0.05) is 36.4 Å². The van der Waals surface area contributed by atoms with E-state index >= 15 is 0 Å². The average molecular weight is 463 g/mol. The molecule has 0 aliphatic carbocycles. The van der Waals surface area contributed by atoms with Crippen LogP contribution in [0.5, 0.6) is 11.5 Å². The second-order valence-corrected chi connectivity index (χ2v) is 8.12. The zero-order valence-electron chi connectivity index (χ0n) is 18.1. The van der Waals surface area contributed by atoms with E-state index in [1.807, 2.05) is 48.5 Å². The van der Waals surface area contributed by atoms with E-state index in [0.29, 0.717) is 30.0 Å². The van der Waals surface area contributed by atoms with Crippen molar-refractivity contribution >= 4 is 17.2 Å². The maximum atomic E-state index is 13.7. The molecule has 0 saturated carbocycles. The van der Waals surface area contributed by atoms with Gasteiger partial charge in [-0.2, -0.15) is 0 Å². The maximum absolute atomic E-state index is 13.7. The summed E-state index contributed by atoms with van der Waals surface area (Å²) >= 11 is 1.40. The van der Waals surface area contributed by atoms with Gasteiger partial charge in [0.1, 0.15) is 34.6 Å². The third kappa shape index (κ3) is 5.75. The van der Waals surface area contributed by atoms with Crippen molar-refractivity contribution < 1.29 is 18.7 Å². The first-order valence-corrected chi connectivity index (χ1v) is 11.3. The lowest BCUT2D eigenvalue weighted by atomic mass is 10.1. The molecule has 33 heavy (non-hydrogen) atoms. The molecule has 1 aromatic heterocycles. The van der Waals surface area contributed by atoms with Crippen molar-refractivity contribution in [3.05, 3.63) is 101 Å². The minimum absolute atomic E-state index is 0.155. The Bertz CT molecular complexity index is 1220. The number of methoxy groups -OCH3 is 1. The molecular weight excluding hydrogens is 439 g/mol. The van der Waals surface area contributed by atoms with Gasteiger partial charge in [0.05, 0.1) is 7.11 Å². The quantitative estimate of drug-likeness (QED) is 0.356. The van der Waals surface area contributed by atoms with Crippen LogP contribution in [0.25, 0.3) is 10.6 Å². The molecule has 0 bridgehead atoms. The van der Waals surface area contributed by atoms with Gasteiger partial charge in [0.25, 0.3) is 5.91 Å². The molecular formula is C26H23FN2O3S. The zero-order chi connectivity index (χ0) is 23.0. The van der Waals surface area contributed by atoms with Crippen molar-refractivity contribution in [3.8, 4) is 22.1 Å². The molecule has 7 heteroatoms. The van der Waals surface area contributed by atoms with Crippen molar-refractivity contribution in [1.82, 2.24) is 10.3 Å². The molecule has 0 fully saturated rings. The molecule has 0 aliphatic heterocycles. The molecule has 5 nitrogen and oxygen atoms in total. The van der Waals surface area contributed by atoms with Crippen molar-refractivity contribution in [1.29, 1.82) is 0 Å². The molecule has 0 unspecified atom stereocenters. The van der Waals surface area contributed by atoms with E-state index in [9.17, 15) is 9.18 Å². The van der Waals surface area contributed by atoms with Crippen LogP contribution in [0.3, 0.4) is 0 Å². The maximum Gasteiger partial charge on any atom is 0.270 e. The minimum Gasteiger partial charge on any atom is -0.496 e. The Hall–Kier alpha value is -3.71. The summed E-state index contributed by atoms with van der Waals surface area (Å²) in [5.74, 6) is 0.944. The number of hydrogen-bond acceptors (Lipinski definition) is 5. The van der Waals surface area contributed by atoms with Gasteiger partial charge in [-0.05, 0) is 48.4 Å². The molecule has 0 radical (unpaired) electrons. The van der Waals surface area contributed by atoms with E-state index in [4.69, 9.17) is 9.47 Å². The molecule has 3 aromatic carbocycles. The normalized spacial score (nSPS) is 10.6. The van der Waals surface area contributed by atoms with Gasteiger partial charge in [-0.15, -0.1) is 11.3 Å². The number of nitrogens with zero attached hydrogens (tertiary/aromatic N) is 1. The molecule has 0 atom stereocenters. The van der Waals surface area contributed by atoms with E-state index in [2.05, 4.69) is 10.3 Å². The van der Waals surface area contributed by atoms with Crippen LogP contribution in [0.4, 0.5) is 4.39 Å². The summed E-state index contributed by atoms with van der Waals surface area (Å²) in [5.41, 5.74) is 2.81. The molecule has 0 saturated heterocycles. The van der Waals surface area contributed by atoms with Gasteiger partial charge in [0.2, 0.25) is 0 Å². The number of rotatable bonds is 9. The van der Waals surface area contributed by atoms with Crippen LogP contribution in [0.15, 0.2) is 78.2 Å². The summed E-state index contributed by atoms with van der Waals surface area (Å²) in [7, 11) is 1.63. The third-order valence-electron chi connectivity index (χ3n) is 5.06. The molecule has 1 N–H and O–H groups in total. The lowest BCUT2D eigenvalue weighted by Gasteiger charge is -2.08. The van der Waals surface area contributed by atoms with Crippen LogP contribution in [0.2, 0.25) is 0 Å². The number of aromatic nitrogens is 1. The average Bonchev–Trinajstić information content (AvgIpc) is 3.35. The molecule has 1 heterocycles.